The Morgan fingerprint density at radius 1 is 1.21 bits per heavy atom. The number of halogens is 1. The van der Waals surface area contributed by atoms with Gasteiger partial charge in [0.25, 0.3) is 0 Å². The molecule has 0 aliphatic rings. The fourth-order valence-corrected chi connectivity index (χ4v) is 1.92. The molecule has 0 radical (unpaired) electrons. The summed E-state index contributed by atoms with van der Waals surface area (Å²) in [7, 11) is 0. The van der Waals surface area contributed by atoms with Crippen LogP contribution < -0.4 is 11.5 Å². The number of aromatic nitrogens is 2. The smallest absolute Gasteiger partial charge is 0.332 e. The van der Waals surface area contributed by atoms with Crippen LogP contribution in [0.25, 0.3) is 0 Å². The van der Waals surface area contributed by atoms with Crippen LogP contribution in [0, 0.1) is 10.1 Å². The van der Waals surface area contributed by atoms with Crippen LogP contribution in [0.5, 0.6) is 0 Å². The number of rotatable bonds is 3. The average Bonchev–Trinajstić information content (AvgIpc) is 2.30. The summed E-state index contributed by atoms with van der Waals surface area (Å²) in [5.74, 6) is -0.292. The summed E-state index contributed by atoms with van der Waals surface area (Å²) in [6.45, 7) is 0. The Hall–Kier alpha value is -2.22. The minimum absolute atomic E-state index is 0.0739. The van der Waals surface area contributed by atoms with Crippen LogP contribution >= 0.6 is 15.9 Å². The Balaban J connectivity index is 2.44. The van der Waals surface area contributed by atoms with Crippen LogP contribution in [-0.4, -0.2) is 14.9 Å². The van der Waals surface area contributed by atoms with Gasteiger partial charge < -0.3 is 11.5 Å². The lowest BCUT2D eigenvalue weighted by Crippen LogP contribution is -2.09. The molecule has 8 heteroatoms. The summed E-state index contributed by atoms with van der Waals surface area (Å²) >= 11 is 3.32. The topological polar surface area (TPSA) is 121 Å². The molecular weight excluding hydrogens is 314 g/mol. The van der Waals surface area contributed by atoms with Gasteiger partial charge in [-0.3, -0.25) is 10.1 Å². The van der Waals surface area contributed by atoms with Gasteiger partial charge in [0.1, 0.15) is 5.69 Å². The van der Waals surface area contributed by atoms with Crippen molar-refractivity contribution in [1.82, 2.24) is 9.97 Å². The second-order valence-corrected chi connectivity index (χ2v) is 4.74. The first-order valence-electron chi connectivity index (χ1n) is 5.28. The lowest BCUT2D eigenvalue weighted by atomic mass is 10.1. The Kier molecular flexibility index (Phi) is 3.61. The zero-order chi connectivity index (χ0) is 14.0. The van der Waals surface area contributed by atoms with Gasteiger partial charge in [-0.25, -0.2) is 4.98 Å². The summed E-state index contributed by atoms with van der Waals surface area (Å²) in [4.78, 5) is 17.9. The summed E-state index contributed by atoms with van der Waals surface area (Å²) in [5.41, 5.74) is 11.8. The van der Waals surface area contributed by atoms with Crippen molar-refractivity contribution in [2.24, 2.45) is 0 Å². The van der Waals surface area contributed by atoms with Crippen molar-refractivity contribution < 1.29 is 4.92 Å². The van der Waals surface area contributed by atoms with Gasteiger partial charge in [-0.15, -0.1) is 0 Å². The molecule has 2 aromatic rings. The van der Waals surface area contributed by atoms with E-state index in [4.69, 9.17) is 11.5 Å². The van der Waals surface area contributed by atoms with Crippen molar-refractivity contribution in [1.29, 1.82) is 0 Å². The van der Waals surface area contributed by atoms with E-state index in [0.29, 0.717) is 0 Å². The number of benzene rings is 1. The van der Waals surface area contributed by atoms with E-state index >= 15 is 0 Å². The Bertz CT molecular complexity index is 630. The third-order valence-corrected chi connectivity index (χ3v) is 3.00. The predicted octanol–water partition coefficient (Wildman–Crippen LogP) is 1.90. The molecule has 4 N–H and O–H groups in total. The van der Waals surface area contributed by atoms with Crippen LogP contribution in [0.2, 0.25) is 0 Å². The van der Waals surface area contributed by atoms with E-state index in [1.807, 2.05) is 24.3 Å². The number of hydrogen-bond acceptors (Lipinski definition) is 6. The zero-order valence-electron chi connectivity index (χ0n) is 9.71. The molecule has 19 heavy (non-hydrogen) atoms. The average molecular weight is 324 g/mol. The van der Waals surface area contributed by atoms with Gasteiger partial charge in [0.15, 0.2) is 0 Å². The molecule has 0 spiro atoms. The summed E-state index contributed by atoms with van der Waals surface area (Å²) in [5, 5.41) is 11.0. The molecule has 2 rings (SSSR count). The van der Waals surface area contributed by atoms with E-state index in [1.54, 1.807) is 0 Å². The maximum atomic E-state index is 11.0. The van der Waals surface area contributed by atoms with Gasteiger partial charge in [-0.2, -0.15) is 4.98 Å². The zero-order valence-corrected chi connectivity index (χ0v) is 11.3. The van der Waals surface area contributed by atoms with Crippen LogP contribution in [0.15, 0.2) is 28.7 Å². The highest BCUT2D eigenvalue weighted by Crippen LogP contribution is 2.26. The van der Waals surface area contributed by atoms with E-state index in [0.717, 1.165) is 10.0 Å². The lowest BCUT2D eigenvalue weighted by molar-refractivity contribution is -0.385. The molecule has 0 fully saturated rings. The molecule has 0 atom stereocenters. The first kappa shape index (κ1) is 13.2. The fourth-order valence-electron chi connectivity index (χ4n) is 1.66. The number of nitrogen functional groups attached to an aromatic ring is 2. The van der Waals surface area contributed by atoms with E-state index in [-0.39, 0.29) is 29.6 Å². The molecule has 0 saturated carbocycles. The predicted molar refractivity (Wildman–Crippen MR) is 74.5 cm³/mol. The highest BCUT2D eigenvalue weighted by molar-refractivity contribution is 9.10. The molecule has 0 aliphatic carbocycles. The quantitative estimate of drug-likeness (QED) is 0.657. The molecule has 1 heterocycles. The van der Waals surface area contributed by atoms with E-state index in [2.05, 4.69) is 25.9 Å². The van der Waals surface area contributed by atoms with Crippen LogP contribution in [0.1, 0.15) is 11.3 Å². The van der Waals surface area contributed by atoms with E-state index < -0.39 is 4.92 Å². The van der Waals surface area contributed by atoms with Gasteiger partial charge >= 0.3 is 5.69 Å². The van der Waals surface area contributed by atoms with E-state index in [1.165, 1.54) is 0 Å². The monoisotopic (exact) mass is 323 g/mol. The van der Waals surface area contributed by atoms with Crippen molar-refractivity contribution in [3.8, 4) is 0 Å². The van der Waals surface area contributed by atoms with Crippen molar-refractivity contribution in [2.45, 2.75) is 6.42 Å². The van der Waals surface area contributed by atoms with Crippen molar-refractivity contribution in [3.63, 3.8) is 0 Å². The van der Waals surface area contributed by atoms with Gasteiger partial charge in [0.05, 0.1) is 4.92 Å². The second kappa shape index (κ2) is 5.19. The number of anilines is 2. The van der Waals surface area contributed by atoms with Gasteiger partial charge in [-0.05, 0) is 17.7 Å². The Morgan fingerprint density at radius 3 is 2.42 bits per heavy atom. The maximum Gasteiger partial charge on any atom is 0.332 e. The standard InChI is InChI=1S/C11H10BrN5O2/c12-7-3-1-6(2-4-7)5-8-9(17(18)19)10(13)16-11(14)15-8/h1-4H,5H2,(H4,13,14,15,16). The third-order valence-electron chi connectivity index (χ3n) is 2.47. The first-order valence-corrected chi connectivity index (χ1v) is 6.07. The van der Waals surface area contributed by atoms with Gasteiger partial charge in [0.2, 0.25) is 11.8 Å². The summed E-state index contributed by atoms with van der Waals surface area (Å²) < 4.78 is 0.924. The fraction of sp³-hybridized carbons (Fsp3) is 0.0909. The second-order valence-electron chi connectivity index (χ2n) is 3.82. The molecule has 0 bridgehead atoms. The third kappa shape index (κ3) is 2.97. The Labute approximate surface area is 116 Å². The normalized spacial score (nSPS) is 10.4. The Morgan fingerprint density at radius 2 is 1.84 bits per heavy atom. The minimum atomic E-state index is -0.594. The number of nitrogens with zero attached hydrogens (tertiary/aromatic N) is 3. The molecule has 0 saturated heterocycles. The van der Waals surface area contributed by atoms with Crippen molar-refractivity contribution in [2.75, 3.05) is 11.5 Å². The van der Waals surface area contributed by atoms with Crippen LogP contribution in [0.4, 0.5) is 17.5 Å². The maximum absolute atomic E-state index is 11.0. The lowest BCUT2D eigenvalue weighted by Gasteiger charge is -2.05. The molecule has 1 aromatic heterocycles. The molecule has 0 aliphatic heterocycles. The van der Waals surface area contributed by atoms with Crippen LogP contribution in [-0.2, 0) is 6.42 Å². The molecule has 1 aromatic carbocycles. The SMILES string of the molecule is Nc1nc(N)c([N+](=O)[O-])c(Cc2ccc(Br)cc2)n1. The number of nitro groups is 1. The van der Waals surface area contributed by atoms with E-state index in [9.17, 15) is 10.1 Å². The minimum Gasteiger partial charge on any atom is -0.378 e. The highest BCUT2D eigenvalue weighted by Gasteiger charge is 2.22. The molecule has 0 amide bonds. The summed E-state index contributed by atoms with van der Waals surface area (Å²) in [6.07, 6.45) is 0.264. The largest absolute Gasteiger partial charge is 0.378 e. The number of nitrogens with two attached hydrogens (primary N) is 2. The van der Waals surface area contributed by atoms with Gasteiger partial charge in [0, 0.05) is 10.9 Å². The van der Waals surface area contributed by atoms with Crippen molar-refractivity contribution >= 4 is 33.4 Å². The first-order chi connectivity index (χ1) is 8.97. The molecule has 7 nitrogen and oxygen atoms in total. The van der Waals surface area contributed by atoms with Gasteiger partial charge in [-0.1, -0.05) is 28.1 Å². The molecule has 98 valence electrons. The molecular formula is C11H10BrN5O2. The number of hydrogen-bond donors (Lipinski definition) is 2. The summed E-state index contributed by atoms with van der Waals surface area (Å²) in [6, 6.07) is 7.36. The van der Waals surface area contributed by atoms with Crippen molar-refractivity contribution in [3.05, 3.63) is 50.1 Å². The highest BCUT2D eigenvalue weighted by atomic mass is 79.9. The molecule has 0 unspecified atom stereocenters. The van der Waals surface area contributed by atoms with Crippen LogP contribution in [0.3, 0.4) is 0 Å².